The first kappa shape index (κ1) is 14.3. The maximum atomic E-state index is 12.4. The molecule has 0 saturated heterocycles. The number of sulfonamides is 1. The van der Waals surface area contributed by atoms with Gasteiger partial charge in [-0.15, -0.1) is 0 Å². The Labute approximate surface area is 138 Å². The predicted octanol–water partition coefficient (Wildman–Crippen LogP) is 3.62. The molecule has 0 spiro atoms. The fourth-order valence-corrected chi connectivity index (χ4v) is 4.30. The maximum absolute atomic E-state index is 12.4. The summed E-state index contributed by atoms with van der Waals surface area (Å²) in [6.45, 7) is 1.77. The lowest BCUT2D eigenvalue weighted by Crippen LogP contribution is -2.19. The molecule has 23 heavy (non-hydrogen) atoms. The number of hydrogen-bond donors (Lipinski definition) is 1. The average molecular weight is 346 g/mol. The van der Waals surface area contributed by atoms with Crippen LogP contribution in [0.3, 0.4) is 0 Å². The molecule has 0 unspecified atom stereocenters. The van der Waals surface area contributed by atoms with Crippen LogP contribution < -0.4 is 4.72 Å². The molecule has 0 fully saturated rings. The first-order chi connectivity index (χ1) is 11.0. The van der Waals surface area contributed by atoms with Crippen molar-refractivity contribution < 1.29 is 8.42 Å². The summed E-state index contributed by atoms with van der Waals surface area (Å²) in [4.78, 5) is 0.246. The lowest BCUT2D eigenvalue weighted by molar-refractivity contribution is 0.601. The molecule has 0 atom stereocenters. The molecule has 7 heteroatoms. The molecule has 0 radical (unpaired) electrons. The first-order valence-corrected chi connectivity index (χ1v) is 8.81. The standard InChI is InChI=1S/C16H12ClN3O2S/c1-10-15-16(20(18-10)12-6-4-5-11(17)9-12)13-7-2-3-8-14(13)23(21,22)19-15/h2-9,19H,1H3. The number of nitrogens with one attached hydrogen (secondary N) is 1. The van der Waals surface area contributed by atoms with E-state index in [0.29, 0.717) is 22.0 Å². The van der Waals surface area contributed by atoms with Crippen molar-refractivity contribution in [1.82, 2.24) is 9.78 Å². The first-order valence-electron chi connectivity index (χ1n) is 6.95. The molecular formula is C16H12ClN3O2S. The van der Waals surface area contributed by atoms with Gasteiger partial charge in [0.05, 0.1) is 27.7 Å². The summed E-state index contributed by atoms with van der Waals surface area (Å²) in [5.74, 6) is 0. The monoisotopic (exact) mass is 345 g/mol. The Balaban J connectivity index is 2.07. The number of rotatable bonds is 1. The molecule has 0 aliphatic carbocycles. The molecule has 1 aliphatic rings. The number of halogens is 1. The molecule has 2 heterocycles. The van der Waals surface area contributed by atoms with Crippen molar-refractivity contribution in [2.24, 2.45) is 0 Å². The van der Waals surface area contributed by atoms with Crippen LogP contribution in [-0.2, 0) is 10.0 Å². The Morgan fingerprint density at radius 3 is 2.70 bits per heavy atom. The molecule has 2 aromatic carbocycles. The molecule has 116 valence electrons. The van der Waals surface area contributed by atoms with Crippen LogP contribution in [0.2, 0.25) is 5.02 Å². The van der Waals surface area contributed by atoms with Crippen LogP contribution in [0.1, 0.15) is 5.69 Å². The molecule has 0 bridgehead atoms. The van der Waals surface area contributed by atoms with Gasteiger partial charge in [-0.1, -0.05) is 35.9 Å². The normalized spacial score (nSPS) is 14.7. The number of hydrogen-bond acceptors (Lipinski definition) is 3. The van der Waals surface area contributed by atoms with E-state index in [1.807, 2.05) is 18.2 Å². The van der Waals surface area contributed by atoms with Gasteiger partial charge in [0.25, 0.3) is 10.0 Å². The third-order valence-corrected chi connectivity index (χ3v) is 5.42. The average Bonchev–Trinajstić information content (AvgIpc) is 2.84. The number of nitrogens with zero attached hydrogens (tertiary/aromatic N) is 2. The number of benzene rings is 2. The van der Waals surface area contributed by atoms with E-state index in [1.54, 1.807) is 41.9 Å². The van der Waals surface area contributed by atoms with Crippen LogP contribution in [0.4, 0.5) is 5.69 Å². The summed E-state index contributed by atoms with van der Waals surface area (Å²) in [6, 6.07) is 14.2. The van der Waals surface area contributed by atoms with Gasteiger partial charge in [-0.2, -0.15) is 5.10 Å². The van der Waals surface area contributed by atoms with Gasteiger partial charge >= 0.3 is 0 Å². The molecule has 4 rings (SSSR count). The van der Waals surface area contributed by atoms with E-state index in [0.717, 1.165) is 11.4 Å². The largest absolute Gasteiger partial charge is 0.275 e. The second-order valence-corrected chi connectivity index (χ2v) is 7.39. The van der Waals surface area contributed by atoms with Crippen LogP contribution >= 0.6 is 11.6 Å². The third kappa shape index (κ3) is 2.14. The zero-order valence-corrected chi connectivity index (χ0v) is 13.7. The smallest absolute Gasteiger partial charge is 0.262 e. The summed E-state index contributed by atoms with van der Waals surface area (Å²) in [5, 5.41) is 5.09. The number of anilines is 1. The van der Waals surface area contributed by atoms with Crippen molar-refractivity contribution in [1.29, 1.82) is 0 Å². The second-order valence-electron chi connectivity index (χ2n) is 5.30. The minimum Gasteiger partial charge on any atom is -0.275 e. The van der Waals surface area contributed by atoms with Gasteiger partial charge in [-0.05, 0) is 31.2 Å². The van der Waals surface area contributed by atoms with Gasteiger partial charge in [0.2, 0.25) is 0 Å². The minimum atomic E-state index is -3.58. The Morgan fingerprint density at radius 1 is 1.13 bits per heavy atom. The molecule has 3 aromatic rings. The Morgan fingerprint density at radius 2 is 1.91 bits per heavy atom. The highest BCUT2D eigenvalue weighted by Gasteiger charge is 2.32. The van der Waals surface area contributed by atoms with Crippen LogP contribution in [0, 0.1) is 6.92 Å². The topological polar surface area (TPSA) is 64.0 Å². The van der Waals surface area contributed by atoms with Gasteiger partial charge in [0, 0.05) is 10.6 Å². The Kier molecular flexibility index (Phi) is 3.01. The van der Waals surface area contributed by atoms with Crippen molar-refractivity contribution >= 4 is 27.3 Å². The van der Waals surface area contributed by atoms with Crippen LogP contribution in [0.25, 0.3) is 16.9 Å². The van der Waals surface area contributed by atoms with Crippen molar-refractivity contribution in [2.45, 2.75) is 11.8 Å². The van der Waals surface area contributed by atoms with Gasteiger partial charge in [-0.3, -0.25) is 4.72 Å². The minimum absolute atomic E-state index is 0.246. The molecular weight excluding hydrogens is 334 g/mol. The SMILES string of the molecule is Cc1nn(-c2cccc(Cl)c2)c2c1NS(=O)(=O)c1ccccc1-2. The third-order valence-electron chi connectivity index (χ3n) is 3.78. The van der Waals surface area contributed by atoms with E-state index in [4.69, 9.17) is 11.6 Å². The fraction of sp³-hybridized carbons (Fsp3) is 0.0625. The number of fused-ring (bicyclic) bond motifs is 3. The van der Waals surface area contributed by atoms with Crippen LogP contribution in [0.5, 0.6) is 0 Å². The highest BCUT2D eigenvalue weighted by molar-refractivity contribution is 7.93. The van der Waals surface area contributed by atoms with Crippen molar-refractivity contribution in [3.8, 4) is 16.9 Å². The lowest BCUT2D eigenvalue weighted by atomic mass is 10.1. The second kappa shape index (κ2) is 4.84. The summed E-state index contributed by atoms with van der Waals surface area (Å²) in [5.41, 5.74) is 3.23. The summed E-state index contributed by atoms with van der Waals surface area (Å²) < 4.78 is 29.2. The van der Waals surface area contributed by atoms with Crippen molar-refractivity contribution in [2.75, 3.05) is 4.72 Å². The van der Waals surface area contributed by atoms with Crippen molar-refractivity contribution in [3.63, 3.8) is 0 Å². The number of aromatic nitrogens is 2. The van der Waals surface area contributed by atoms with Gasteiger partial charge in [0.1, 0.15) is 0 Å². The van der Waals surface area contributed by atoms with Crippen LogP contribution in [0.15, 0.2) is 53.4 Å². The molecule has 1 aliphatic heterocycles. The van der Waals surface area contributed by atoms with Gasteiger partial charge in [0.15, 0.2) is 0 Å². The van der Waals surface area contributed by atoms with E-state index >= 15 is 0 Å². The fourth-order valence-electron chi connectivity index (χ4n) is 2.78. The predicted molar refractivity (Wildman–Crippen MR) is 89.6 cm³/mol. The van der Waals surface area contributed by atoms with E-state index in [2.05, 4.69) is 9.82 Å². The Hall–Kier alpha value is -2.31. The summed E-state index contributed by atoms with van der Waals surface area (Å²) in [7, 11) is -3.58. The molecule has 5 nitrogen and oxygen atoms in total. The lowest BCUT2D eigenvalue weighted by Gasteiger charge is -2.20. The van der Waals surface area contributed by atoms with E-state index < -0.39 is 10.0 Å². The molecule has 1 aromatic heterocycles. The van der Waals surface area contributed by atoms with Gasteiger partial charge < -0.3 is 0 Å². The highest BCUT2D eigenvalue weighted by Crippen LogP contribution is 2.41. The highest BCUT2D eigenvalue weighted by atomic mass is 35.5. The van der Waals surface area contributed by atoms with Gasteiger partial charge in [-0.25, -0.2) is 13.1 Å². The van der Waals surface area contributed by atoms with Crippen LogP contribution in [-0.4, -0.2) is 18.2 Å². The van der Waals surface area contributed by atoms with E-state index in [1.165, 1.54) is 0 Å². The Bertz CT molecular complexity index is 1040. The molecule has 0 amide bonds. The summed E-state index contributed by atoms with van der Waals surface area (Å²) in [6.07, 6.45) is 0. The van der Waals surface area contributed by atoms with E-state index in [9.17, 15) is 8.42 Å². The van der Waals surface area contributed by atoms with Crippen molar-refractivity contribution in [3.05, 3.63) is 59.2 Å². The zero-order chi connectivity index (χ0) is 16.2. The zero-order valence-electron chi connectivity index (χ0n) is 12.1. The van der Waals surface area contributed by atoms with E-state index in [-0.39, 0.29) is 4.90 Å². The molecule has 0 saturated carbocycles. The number of aryl methyl sites for hydroxylation is 1. The quantitative estimate of drug-likeness (QED) is 0.732. The molecule has 1 N–H and O–H groups in total. The maximum Gasteiger partial charge on any atom is 0.262 e. The summed E-state index contributed by atoms with van der Waals surface area (Å²) >= 11 is 6.08.